The number of hydrogen-bond donors (Lipinski definition) is 0. The number of rotatable bonds is 1. The van der Waals surface area contributed by atoms with E-state index in [-0.39, 0.29) is 0 Å². The van der Waals surface area contributed by atoms with E-state index < -0.39 is 8.07 Å². The molecule has 0 amide bonds. The zero-order valence-electron chi connectivity index (χ0n) is 10.2. The normalized spacial score (nSPS) is 16.7. The lowest BCUT2D eigenvalue weighted by Crippen LogP contribution is -2.39. The van der Waals surface area contributed by atoms with E-state index in [0.29, 0.717) is 5.04 Å². The molecule has 0 N–H and O–H groups in total. The van der Waals surface area contributed by atoms with Crippen LogP contribution in [0.3, 0.4) is 0 Å². The Kier molecular flexibility index (Phi) is 2.78. The maximum Gasteiger partial charge on any atom is 0.0967 e. The van der Waals surface area contributed by atoms with Gasteiger partial charge in [-0.25, -0.2) is 0 Å². The first-order chi connectivity index (χ1) is 6.25. The molecule has 0 bridgehead atoms. The molecular formula is C13H20Si. The third-order valence-electron chi connectivity index (χ3n) is 3.43. The summed E-state index contributed by atoms with van der Waals surface area (Å²) in [5.74, 6) is 0. The monoisotopic (exact) mass is 204 g/mol. The minimum Gasteiger partial charge on any atom is -0.0713 e. The fourth-order valence-electron chi connectivity index (χ4n) is 1.27. The maximum atomic E-state index is 3.29. The van der Waals surface area contributed by atoms with E-state index in [1.165, 1.54) is 10.8 Å². The van der Waals surface area contributed by atoms with Crippen LogP contribution in [0, 0.1) is 0 Å². The van der Waals surface area contributed by atoms with Crippen LogP contribution in [0.4, 0.5) is 0 Å². The Morgan fingerprint density at radius 1 is 1.21 bits per heavy atom. The topological polar surface area (TPSA) is 0 Å². The van der Waals surface area contributed by atoms with Gasteiger partial charge in [-0.05, 0) is 28.8 Å². The van der Waals surface area contributed by atoms with Gasteiger partial charge in [0, 0.05) is 0 Å². The molecule has 0 spiro atoms. The van der Waals surface area contributed by atoms with Crippen LogP contribution < -0.4 is 0 Å². The van der Waals surface area contributed by atoms with Crippen LogP contribution in [0.1, 0.15) is 27.7 Å². The van der Waals surface area contributed by atoms with Gasteiger partial charge in [0.1, 0.15) is 0 Å². The van der Waals surface area contributed by atoms with E-state index in [4.69, 9.17) is 0 Å². The van der Waals surface area contributed by atoms with E-state index >= 15 is 0 Å². The standard InChI is InChI=1S/C13H20Si/c1-11-8-7-9-12(10-11)14(5,6)13(2,3)4/h8,10H,1-6H3. The lowest BCUT2D eigenvalue weighted by atomic mass is 10.2. The molecule has 0 atom stereocenters. The van der Waals surface area contributed by atoms with Gasteiger partial charge in [-0.2, -0.15) is 0 Å². The Bertz CT molecular complexity index is 363. The zero-order chi connectivity index (χ0) is 11.0. The summed E-state index contributed by atoms with van der Waals surface area (Å²) in [6.07, 6.45) is 4.27. The highest BCUT2D eigenvalue weighted by Crippen LogP contribution is 2.41. The van der Waals surface area contributed by atoms with Crippen molar-refractivity contribution in [1.29, 1.82) is 0 Å². The van der Waals surface area contributed by atoms with Gasteiger partial charge in [0.15, 0.2) is 0 Å². The maximum absolute atomic E-state index is 3.29. The van der Waals surface area contributed by atoms with Gasteiger partial charge in [-0.3, -0.25) is 0 Å². The van der Waals surface area contributed by atoms with Crippen molar-refractivity contribution >= 4 is 8.07 Å². The van der Waals surface area contributed by atoms with Crippen molar-refractivity contribution in [3.8, 4) is 0 Å². The van der Waals surface area contributed by atoms with Crippen LogP contribution in [-0.4, -0.2) is 8.07 Å². The molecular weight excluding hydrogens is 184 g/mol. The molecule has 0 saturated carbocycles. The Hall–Kier alpha value is -0.743. The summed E-state index contributed by atoms with van der Waals surface area (Å²) in [4.78, 5) is 0. The van der Waals surface area contributed by atoms with Crippen molar-refractivity contribution in [2.75, 3.05) is 0 Å². The fraction of sp³-hybridized carbons (Fsp3) is 0.538. The van der Waals surface area contributed by atoms with Crippen molar-refractivity contribution in [2.24, 2.45) is 0 Å². The first-order valence-electron chi connectivity index (χ1n) is 5.15. The molecule has 1 aliphatic rings. The molecule has 0 radical (unpaired) electrons. The Morgan fingerprint density at radius 2 is 1.79 bits per heavy atom. The fourth-order valence-corrected chi connectivity index (χ4v) is 3.05. The lowest BCUT2D eigenvalue weighted by Gasteiger charge is -2.37. The molecule has 0 saturated heterocycles. The lowest BCUT2D eigenvalue weighted by molar-refractivity contribution is 0.726. The molecule has 0 fully saturated rings. The molecule has 76 valence electrons. The van der Waals surface area contributed by atoms with Crippen molar-refractivity contribution in [1.82, 2.24) is 0 Å². The summed E-state index contributed by atoms with van der Waals surface area (Å²) in [5, 5.41) is 1.77. The van der Waals surface area contributed by atoms with Gasteiger partial charge in [-0.1, -0.05) is 51.4 Å². The highest BCUT2D eigenvalue weighted by atomic mass is 28.3. The van der Waals surface area contributed by atoms with Gasteiger partial charge >= 0.3 is 0 Å². The molecule has 0 aliphatic heterocycles. The van der Waals surface area contributed by atoms with Crippen LogP contribution in [0.5, 0.6) is 0 Å². The predicted molar refractivity (Wildman–Crippen MR) is 66.1 cm³/mol. The summed E-state index contributed by atoms with van der Waals surface area (Å²) >= 11 is 0. The Labute approximate surface area is 88.7 Å². The predicted octanol–water partition coefficient (Wildman–Crippen LogP) is 4.23. The van der Waals surface area contributed by atoms with E-state index in [9.17, 15) is 0 Å². The minimum atomic E-state index is -1.40. The first-order valence-corrected chi connectivity index (χ1v) is 8.15. The third kappa shape index (κ3) is 2.01. The zero-order valence-corrected chi connectivity index (χ0v) is 11.2. The van der Waals surface area contributed by atoms with E-state index in [1.54, 1.807) is 0 Å². The largest absolute Gasteiger partial charge is 0.0967 e. The summed E-state index contributed by atoms with van der Waals surface area (Å²) in [7, 11) is -1.40. The quantitative estimate of drug-likeness (QED) is 0.443. The van der Waals surface area contributed by atoms with Crippen molar-refractivity contribution in [2.45, 2.75) is 45.8 Å². The molecule has 1 rings (SSSR count). The van der Waals surface area contributed by atoms with Crippen LogP contribution in [0.2, 0.25) is 18.1 Å². The summed E-state index contributed by atoms with van der Waals surface area (Å²) in [6, 6.07) is 0. The van der Waals surface area contributed by atoms with E-state index in [2.05, 4.69) is 58.3 Å². The van der Waals surface area contributed by atoms with Crippen LogP contribution >= 0.6 is 0 Å². The summed E-state index contributed by atoms with van der Waals surface area (Å²) in [5.41, 5.74) is 7.70. The SMILES string of the molecule is CC1=CC([Si](C)(C)C(C)(C)C)=C=C=C1. The molecule has 0 unspecified atom stereocenters. The average Bonchev–Trinajstić information content (AvgIpc) is 2.02. The minimum absolute atomic E-state index is 0.380. The van der Waals surface area contributed by atoms with Gasteiger partial charge in [0.25, 0.3) is 0 Å². The molecule has 1 aliphatic carbocycles. The second kappa shape index (κ2) is 3.44. The molecule has 0 aromatic heterocycles. The summed E-state index contributed by atoms with van der Waals surface area (Å²) < 4.78 is 0. The highest BCUT2D eigenvalue weighted by Gasteiger charge is 2.38. The van der Waals surface area contributed by atoms with Crippen molar-refractivity contribution in [3.63, 3.8) is 0 Å². The van der Waals surface area contributed by atoms with Gasteiger partial charge in [0.05, 0.1) is 8.07 Å². The summed E-state index contributed by atoms with van der Waals surface area (Å²) in [6.45, 7) is 13.9. The average molecular weight is 204 g/mol. The van der Waals surface area contributed by atoms with Crippen molar-refractivity contribution < 1.29 is 0 Å². The Balaban J connectivity index is 3.20. The van der Waals surface area contributed by atoms with Crippen LogP contribution in [0.25, 0.3) is 0 Å². The smallest absolute Gasteiger partial charge is 0.0713 e. The van der Waals surface area contributed by atoms with Gasteiger partial charge < -0.3 is 0 Å². The Morgan fingerprint density at radius 3 is 2.21 bits per heavy atom. The second-order valence-electron chi connectivity index (χ2n) is 5.59. The molecule has 14 heavy (non-hydrogen) atoms. The molecule has 1 heteroatoms. The molecule has 0 heterocycles. The molecule has 0 nitrogen and oxygen atoms in total. The van der Waals surface area contributed by atoms with Gasteiger partial charge in [-0.15, -0.1) is 0 Å². The van der Waals surface area contributed by atoms with Crippen LogP contribution in [0.15, 0.2) is 34.4 Å². The third-order valence-corrected chi connectivity index (χ3v) is 8.79. The number of hydrogen-bond acceptors (Lipinski definition) is 0. The van der Waals surface area contributed by atoms with Gasteiger partial charge in [0.2, 0.25) is 0 Å². The number of allylic oxidation sites excluding steroid dienone is 4. The van der Waals surface area contributed by atoms with Crippen LogP contribution in [-0.2, 0) is 0 Å². The molecule has 0 aromatic carbocycles. The first kappa shape index (κ1) is 11.3. The van der Waals surface area contributed by atoms with E-state index in [0.717, 1.165) is 0 Å². The van der Waals surface area contributed by atoms with Crippen molar-refractivity contribution in [3.05, 3.63) is 34.4 Å². The highest BCUT2D eigenvalue weighted by molar-refractivity contribution is 6.87. The second-order valence-corrected chi connectivity index (χ2v) is 10.9. The van der Waals surface area contributed by atoms with E-state index in [1.807, 2.05) is 6.08 Å². The molecule has 0 aromatic rings.